The molecule has 0 atom stereocenters. The zero-order chi connectivity index (χ0) is 14.2. The Kier molecular flexibility index (Phi) is 3.07. The molecular weight excluding hydrogens is 300 g/mol. The van der Waals surface area contributed by atoms with E-state index in [2.05, 4.69) is 19.9 Å². The minimum atomic E-state index is -3.66. The maximum atomic E-state index is 12.2. The van der Waals surface area contributed by atoms with Crippen molar-refractivity contribution in [3.63, 3.8) is 0 Å². The van der Waals surface area contributed by atoms with Gasteiger partial charge in [-0.3, -0.25) is 9.82 Å². The summed E-state index contributed by atoms with van der Waals surface area (Å²) in [6.07, 6.45) is 2.85. The molecule has 3 rings (SSSR count). The van der Waals surface area contributed by atoms with Gasteiger partial charge < -0.3 is 0 Å². The molecule has 0 aliphatic carbocycles. The van der Waals surface area contributed by atoms with Gasteiger partial charge in [0.05, 0.1) is 22.3 Å². The molecule has 6 nitrogen and oxygen atoms in total. The minimum absolute atomic E-state index is 0.148. The van der Waals surface area contributed by atoms with Crippen molar-refractivity contribution in [1.29, 1.82) is 0 Å². The lowest BCUT2D eigenvalue weighted by molar-refractivity contribution is 0.601. The molecule has 0 amide bonds. The molecule has 0 fully saturated rings. The third-order valence-corrected chi connectivity index (χ3v) is 4.28. The van der Waals surface area contributed by atoms with Crippen molar-refractivity contribution < 1.29 is 8.42 Å². The number of halogens is 1. The largest absolute Gasteiger partial charge is 0.284 e. The Labute approximate surface area is 119 Å². The topological polar surface area (TPSA) is 87.7 Å². The van der Waals surface area contributed by atoms with Gasteiger partial charge in [-0.15, -0.1) is 0 Å². The number of hydrogen-bond acceptors (Lipinski definition) is 4. The van der Waals surface area contributed by atoms with Gasteiger partial charge in [-0.2, -0.15) is 5.10 Å². The summed E-state index contributed by atoms with van der Waals surface area (Å²) in [6.45, 7) is 0. The van der Waals surface area contributed by atoms with Gasteiger partial charge in [-0.05, 0) is 30.3 Å². The highest BCUT2D eigenvalue weighted by atomic mass is 35.5. The van der Waals surface area contributed by atoms with Gasteiger partial charge in [-0.1, -0.05) is 11.6 Å². The molecule has 0 saturated carbocycles. The standard InChI is InChI=1S/C12H9ClN4O2S/c13-12-4-1-8-5-10(2-3-11(8)16-12)20(18,19)17-9-6-14-15-7-9/h1-7,17H,(H,14,15). The predicted molar refractivity (Wildman–Crippen MR) is 76.1 cm³/mol. The maximum absolute atomic E-state index is 12.2. The molecule has 0 saturated heterocycles. The molecule has 1 aromatic carbocycles. The number of anilines is 1. The van der Waals surface area contributed by atoms with E-state index in [1.165, 1.54) is 18.5 Å². The first-order chi connectivity index (χ1) is 9.54. The number of nitrogens with one attached hydrogen (secondary N) is 2. The van der Waals surface area contributed by atoms with Crippen molar-refractivity contribution in [3.8, 4) is 0 Å². The Morgan fingerprint density at radius 2 is 2.05 bits per heavy atom. The second-order valence-electron chi connectivity index (χ2n) is 4.08. The van der Waals surface area contributed by atoms with Gasteiger partial charge in [-0.25, -0.2) is 13.4 Å². The van der Waals surface area contributed by atoms with Gasteiger partial charge in [0, 0.05) is 11.6 Å². The predicted octanol–water partition coefficient (Wildman–Crippen LogP) is 2.41. The van der Waals surface area contributed by atoms with Gasteiger partial charge in [0.1, 0.15) is 5.15 Å². The number of H-pyrrole nitrogens is 1. The number of nitrogens with zero attached hydrogens (tertiary/aromatic N) is 2. The normalized spacial score (nSPS) is 11.7. The number of rotatable bonds is 3. The average Bonchev–Trinajstić information content (AvgIpc) is 2.90. The lowest BCUT2D eigenvalue weighted by atomic mass is 10.2. The third kappa shape index (κ3) is 2.45. The molecule has 2 N–H and O–H groups in total. The van der Waals surface area contributed by atoms with E-state index in [-0.39, 0.29) is 4.90 Å². The Bertz CT molecular complexity index is 862. The summed E-state index contributed by atoms with van der Waals surface area (Å²) in [5, 5.41) is 7.29. The highest BCUT2D eigenvalue weighted by Gasteiger charge is 2.15. The highest BCUT2D eigenvalue weighted by Crippen LogP contribution is 2.21. The molecular formula is C12H9ClN4O2S. The first-order valence-corrected chi connectivity index (χ1v) is 7.49. The van der Waals surface area contributed by atoms with Crippen LogP contribution in [0.15, 0.2) is 47.6 Å². The van der Waals surface area contributed by atoms with E-state index in [0.717, 1.165) is 0 Å². The van der Waals surface area contributed by atoms with Crippen LogP contribution in [-0.2, 0) is 10.0 Å². The fourth-order valence-corrected chi connectivity index (χ4v) is 2.99. The molecule has 2 heterocycles. The second kappa shape index (κ2) is 4.77. The first kappa shape index (κ1) is 12.9. The summed E-state index contributed by atoms with van der Waals surface area (Å²) in [4.78, 5) is 4.26. The SMILES string of the molecule is O=S(=O)(Nc1cn[nH]c1)c1ccc2nc(Cl)ccc2c1. The number of benzene rings is 1. The van der Waals surface area contributed by atoms with Crippen LogP contribution < -0.4 is 4.72 Å². The van der Waals surface area contributed by atoms with Crippen LogP contribution in [-0.4, -0.2) is 23.6 Å². The van der Waals surface area contributed by atoms with Crippen LogP contribution in [0, 0.1) is 0 Å². The van der Waals surface area contributed by atoms with Crippen LogP contribution in [0.5, 0.6) is 0 Å². The Morgan fingerprint density at radius 1 is 1.20 bits per heavy atom. The smallest absolute Gasteiger partial charge is 0.262 e. The Hall–Kier alpha value is -2.12. The maximum Gasteiger partial charge on any atom is 0.262 e. The van der Waals surface area contributed by atoms with Crippen LogP contribution in [0.1, 0.15) is 0 Å². The molecule has 0 spiro atoms. The fourth-order valence-electron chi connectivity index (χ4n) is 1.77. The monoisotopic (exact) mass is 308 g/mol. The Morgan fingerprint density at radius 3 is 2.80 bits per heavy atom. The summed E-state index contributed by atoms with van der Waals surface area (Å²) in [5.74, 6) is 0. The van der Waals surface area contributed by atoms with Crippen LogP contribution in [0.4, 0.5) is 5.69 Å². The highest BCUT2D eigenvalue weighted by molar-refractivity contribution is 7.92. The van der Waals surface area contributed by atoms with E-state index in [1.807, 2.05) is 0 Å². The summed E-state index contributed by atoms with van der Waals surface area (Å²) in [7, 11) is -3.66. The van der Waals surface area contributed by atoms with Crippen molar-refractivity contribution in [2.24, 2.45) is 0 Å². The number of pyridine rings is 1. The van der Waals surface area contributed by atoms with E-state index in [4.69, 9.17) is 11.6 Å². The Balaban J connectivity index is 2.03. The average molecular weight is 309 g/mol. The van der Waals surface area contributed by atoms with E-state index >= 15 is 0 Å². The number of sulfonamides is 1. The van der Waals surface area contributed by atoms with E-state index in [0.29, 0.717) is 21.7 Å². The lowest BCUT2D eigenvalue weighted by Gasteiger charge is -2.06. The number of aromatic nitrogens is 3. The van der Waals surface area contributed by atoms with Crippen LogP contribution in [0.3, 0.4) is 0 Å². The van der Waals surface area contributed by atoms with E-state index < -0.39 is 10.0 Å². The number of hydrogen-bond donors (Lipinski definition) is 2. The molecule has 0 radical (unpaired) electrons. The molecule has 102 valence electrons. The van der Waals surface area contributed by atoms with Gasteiger partial charge in [0.15, 0.2) is 0 Å². The summed E-state index contributed by atoms with van der Waals surface area (Å²) in [5.41, 5.74) is 1.01. The van der Waals surface area contributed by atoms with Crippen molar-refractivity contribution in [3.05, 3.63) is 47.9 Å². The number of fused-ring (bicyclic) bond motifs is 1. The zero-order valence-corrected chi connectivity index (χ0v) is 11.6. The summed E-state index contributed by atoms with van der Waals surface area (Å²) in [6, 6.07) is 7.98. The van der Waals surface area contributed by atoms with Gasteiger partial charge in [0.2, 0.25) is 0 Å². The molecule has 0 aliphatic rings. The van der Waals surface area contributed by atoms with Crippen molar-refractivity contribution in [2.75, 3.05) is 4.72 Å². The van der Waals surface area contributed by atoms with Gasteiger partial charge in [0.25, 0.3) is 10.0 Å². The van der Waals surface area contributed by atoms with E-state index in [1.54, 1.807) is 24.3 Å². The molecule has 0 bridgehead atoms. The molecule has 3 aromatic rings. The molecule has 20 heavy (non-hydrogen) atoms. The van der Waals surface area contributed by atoms with E-state index in [9.17, 15) is 8.42 Å². The van der Waals surface area contributed by atoms with Gasteiger partial charge >= 0.3 is 0 Å². The summed E-state index contributed by atoms with van der Waals surface area (Å²) < 4.78 is 26.8. The van der Waals surface area contributed by atoms with Crippen molar-refractivity contribution in [2.45, 2.75) is 4.90 Å². The van der Waals surface area contributed by atoms with Crippen molar-refractivity contribution >= 4 is 38.2 Å². The quantitative estimate of drug-likeness (QED) is 0.727. The zero-order valence-electron chi connectivity index (χ0n) is 10.0. The second-order valence-corrected chi connectivity index (χ2v) is 6.15. The fraction of sp³-hybridized carbons (Fsp3) is 0. The first-order valence-electron chi connectivity index (χ1n) is 5.62. The summed E-state index contributed by atoms with van der Waals surface area (Å²) >= 11 is 5.79. The van der Waals surface area contributed by atoms with Crippen LogP contribution in [0.25, 0.3) is 10.9 Å². The molecule has 0 aliphatic heterocycles. The third-order valence-electron chi connectivity index (χ3n) is 2.69. The van der Waals surface area contributed by atoms with Crippen molar-refractivity contribution in [1.82, 2.24) is 15.2 Å². The lowest BCUT2D eigenvalue weighted by Crippen LogP contribution is -2.12. The molecule has 0 unspecified atom stereocenters. The minimum Gasteiger partial charge on any atom is -0.284 e. The number of aromatic amines is 1. The molecule has 2 aromatic heterocycles. The van der Waals surface area contributed by atoms with Crippen LogP contribution >= 0.6 is 11.6 Å². The molecule has 8 heteroatoms. The van der Waals surface area contributed by atoms with Crippen LogP contribution in [0.2, 0.25) is 5.15 Å².